The van der Waals surface area contributed by atoms with Gasteiger partial charge >= 0.3 is 12.2 Å². The zero-order chi connectivity index (χ0) is 33.7. The molecular formula is C32H36F5N7O3. The Morgan fingerprint density at radius 1 is 1.23 bits per heavy atom. The first kappa shape index (κ1) is 32.9. The number of nitrogens with two attached hydrogens (primary N) is 1. The first-order valence-corrected chi connectivity index (χ1v) is 15.6. The van der Waals surface area contributed by atoms with E-state index < -0.39 is 52.7 Å². The zero-order valence-electron chi connectivity index (χ0n) is 26.0. The van der Waals surface area contributed by atoms with Crippen molar-refractivity contribution < 1.29 is 36.2 Å². The van der Waals surface area contributed by atoms with Crippen molar-refractivity contribution in [3.05, 3.63) is 63.7 Å². The second-order valence-electron chi connectivity index (χ2n) is 12.7. The Kier molecular flexibility index (Phi) is 8.77. The minimum Gasteiger partial charge on any atom is -0.461 e. The molecule has 4 aliphatic heterocycles. The predicted octanol–water partition coefficient (Wildman–Crippen LogP) is 4.77. The van der Waals surface area contributed by atoms with Gasteiger partial charge in [-0.25, -0.2) is 15.4 Å². The third-order valence-corrected chi connectivity index (χ3v) is 9.85. The van der Waals surface area contributed by atoms with E-state index in [-0.39, 0.29) is 56.3 Å². The van der Waals surface area contributed by atoms with Crippen molar-refractivity contribution in [1.29, 1.82) is 0 Å². The fourth-order valence-corrected chi connectivity index (χ4v) is 7.66. The average molecular weight is 662 g/mol. The number of carbonyl (C=O) groups excluding carboxylic acids is 1. The van der Waals surface area contributed by atoms with E-state index in [1.807, 2.05) is 4.90 Å². The second-order valence-corrected chi connectivity index (χ2v) is 12.7. The van der Waals surface area contributed by atoms with Crippen molar-refractivity contribution in [3.8, 4) is 6.01 Å². The molecule has 5 heterocycles. The van der Waals surface area contributed by atoms with Crippen LogP contribution in [0.3, 0.4) is 0 Å². The third-order valence-electron chi connectivity index (χ3n) is 9.85. The Bertz CT molecular complexity index is 1620. The van der Waals surface area contributed by atoms with Gasteiger partial charge in [-0.2, -0.15) is 23.1 Å². The van der Waals surface area contributed by atoms with Crippen LogP contribution in [-0.4, -0.2) is 83.1 Å². The summed E-state index contributed by atoms with van der Waals surface area (Å²) in [7, 11) is 0. The predicted molar refractivity (Wildman–Crippen MR) is 162 cm³/mol. The van der Waals surface area contributed by atoms with Crippen LogP contribution >= 0.6 is 0 Å². The number of benzene rings is 1. The number of ether oxygens (including phenoxy) is 2. The fraction of sp³-hybridized carbons (Fsp3) is 0.562. The van der Waals surface area contributed by atoms with Gasteiger partial charge in [0.15, 0.2) is 11.6 Å². The Morgan fingerprint density at radius 3 is 2.62 bits per heavy atom. The van der Waals surface area contributed by atoms with Gasteiger partial charge < -0.3 is 29.9 Å². The molecule has 2 atom stereocenters. The molecule has 1 amide bonds. The van der Waals surface area contributed by atoms with Crippen LogP contribution in [0, 0.1) is 19.3 Å². The minimum atomic E-state index is -4.86. The maximum Gasteiger partial charge on any atom is 0.417 e. The number of halogens is 5. The molecule has 47 heavy (non-hydrogen) atoms. The summed E-state index contributed by atoms with van der Waals surface area (Å²) in [6.07, 6.45) is -2.42. The Morgan fingerprint density at radius 2 is 1.96 bits per heavy atom. The second kappa shape index (κ2) is 12.5. The van der Waals surface area contributed by atoms with Gasteiger partial charge in [-0.15, -0.1) is 0 Å². The van der Waals surface area contributed by atoms with Crippen LogP contribution < -0.4 is 15.4 Å². The molecule has 3 fully saturated rings. The number of fused-ring (bicyclic) bond motifs is 2. The maximum absolute atomic E-state index is 15.4. The monoisotopic (exact) mass is 661 g/mol. The van der Waals surface area contributed by atoms with Crippen molar-refractivity contribution in [1.82, 2.24) is 19.8 Å². The van der Waals surface area contributed by atoms with Gasteiger partial charge in [0.2, 0.25) is 6.54 Å². The largest absolute Gasteiger partial charge is 0.461 e. The molecule has 0 bridgehead atoms. The molecule has 1 aromatic heterocycles. The zero-order valence-corrected chi connectivity index (χ0v) is 26.0. The molecule has 0 radical (unpaired) electrons. The van der Waals surface area contributed by atoms with Crippen LogP contribution in [0.25, 0.3) is 4.85 Å². The number of carbonyl (C=O) groups is 1. The number of piperazine rings is 1. The summed E-state index contributed by atoms with van der Waals surface area (Å²) in [5, 5.41) is 0. The molecule has 2 N–H and O–H groups in total. The van der Waals surface area contributed by atoms with Gasteiger partial charge in [0.1, 0.15) is 18.5 Å². The Labute approximate surface area is 269 Å². The number of nitrogen functional groups attached to an aromatic ring is 1. The van der Waals surface area contributed by atoms with Gasteiger partial charge in [-0.05, 0) is 57.3 Å². The summed E-state index contributed by atoms with van der Waals surface area (Å²) in [4.78, 5) is 30.8. The lowest BCUT2D eigenvalue weighted by molar-refractivity contribution is -0.140. The van der Waals surface area contributed by atoms with Crippen LogP contribution in [-0.2, 0) is 28.7 Å². The Balaban J connectivity index is 1.38. The smallest absolute Gasteiger partial charge is 0.417 e. The SMILES string of the molecule is [C-]#[N+]C[C@H]1CN(c2nc(OCC34CCCN3CCC4)nc3c2CO[C@@H](c2c(F)c(N)cc(C)c2C(F)(F)F)C3)CCN1C(=O)C(=C)F. The lowest BCUT2D eigenvalue weighted by atomic mass is 9.91. The molecule has 3 saturated heterocycles. The summed E-state index contributed by atoms with van der Waals surface area (Å²) in [5.41, 5.74) is 3.99. The summed E-state index contributed by atoms with van der Waals surface area (Å²) in [6.45, 7) is 14.1. The first-order chi connectivity index (χ1) is 22.3. The van der Waals surface area contributed by atoms with Crippen LogP contribution in [0.5, 0.6) is 6.01 Å². The van der Waals surface area contributed by atoms with E-state index in [1.165, 1.54) is 11.8 Å². The van der Waals surface area contributed by atoms with Crippen molar-refractivity contribution in [2.24, 2.45) is 0 Å². The van der Waals surface area contributed by atoms with E-state index in [2.05, 4.69) is 21.3 Å². The highest BCUT2D eigenvalue weighted by molar-refractivity contribution is 5.91. The normalized spacial score (nSPS) is 22.5. The van der Waals surface area contributed by atoms with Crippen LogP contribution in [0.15, 0.2) is 18.5 Å². The van der Waals surface area contributed by atoms with Crippen LogP contribution in [0.2, 0.25) is 0 Å². The number of rotatable bonds is 7. The highest BCUT2D eigenvalue weighted by atomic mass is 19.4. The molecule has 1 aromatic carbocycles. The molecule has 6 rings (SSSR count). The van der Waals surface area contributed by atoms with Gasteiger partial charge in [0.25, 0.3) is 5.91 Å². The summed E-state index contributed by atoms with van der Waals surface area (Å²) < 4.78 is 84.1. The van der Waals surface area contributed by atoms with Gasteiger partial charge in [0.05, 0.1) is 35.2 Å². The van der Waals surface area contributed by atoms with E-state index in [9.17, 15) is 22.4 Å². The highest BCUT2D eigenvalue weighted by Crippen LogP contribution is 2.45. The quantitative estimate of drug-likeness (QED) is 0.196. The molecule has 0 unspecified atom stereocenters. The summed E-state index contributed by atoms with van der Waals surface area (Å²) in [5.74, 6) is -2.84. The van der Waals surface area contributed by atoms with E-state index >= 15 is 4.39 Å². The van der Waals surface area contributed by atoms with Crippen molar-refractivity contribution >= 4 is 17.4 Å². The molecule has 2 aromatic rings. The number of nitrogens with zero attached hydrogens (tertiary/aromatic N) is 6. The first-order valence-electron chi connectivity index (χ1n) is 15.6. The number of aromatic nitrogens is 2. The number of anilines is 2. The molecular weight excluding hydrogens is 625 g/mol. The topological polar surface area (TPSA) is 101 Å². The van der Waals surface area contributed by atoms with Crippen LogP contribution in [0.1, 0.15) is 59.7 Å². The highest BCUT2D eigenvalue weighted by Gasteiger charge is 2.46. The van der Waals surface area contributed by atoms with E-state index in [1.54, 1.807) is 0 Å². The van der Waals surface area contributed by atoms with Crippen LogP contribution in [0.4, 0.5) is 33.5 Å². The van der Waals surface area contributed by atoms with Crippen molar-refractivity contribution in [3.63, 3.8) is 0 Å². The minimum absolute atomic E-state index is 0.0187. The Hall–Kier alpha value is -4.03. The molecule has 0 spiro atoms. The molecule has 0 aliphatic carbocycles. The third kappa shape index (κ3) is 6.09. The standard InChI is InChI=1S/C32H36F5N7O3/c1-18-12-22(38)27(34)25(26(18)32(35,36)37)24-13-23-21(16-46-24)28(42-10-11-44(29(45)19(2)33)20(15-42)14-39-3)41-30(40-23)47-17-31-6-4-8-43(31)9-5-7-31/h12,20,24H,2,4-11,13-17,38H2,1H3/t20-,24+/m0/s1. The lowest BCUT2D eigenvalue weighted by Crippen LogP contribution is -2.57. The number of hydrogen-bond donors (Lipinski definition) is 1. The van der Waals surface area contributed by atoms with E-state index in [0.29, 0.717) is 23.7 Å². The molecule has 10 nitrogen and oxygen atoms in total. The molecule has 4 aliphatic rings. The summed E-state index contributed by atoms with van der Waals surface area (Å²) >= 11 is 0. The number of hydrogen-bond acceptors (Lipinski definition) is 8. The van der Waals surface area contributed by atoms with Gasteiger partial charge in [-0.3, -0.25) is 9.69 Å². The maximum atomic E-state index is 15.4. The number of alkyl halides is 3. The number of amides is 1. The fourth-order valence-electron chi connectivity index (χ4n) is 7.66. The van der Waals surface area contributed by atoms with Gasteiger partial charge in [0, 0.05) is 37.2 Å². The molecule has 15 heteroatoms. The van der Waals surface area contributed by atoms with E-state index in [4.69, 9.17) is 26.8 Å². The van der Waals surface area contributed by atoms with Crippen molar-refractivity contribution in [2.45, 2.75) is 69.5 Å². The number of aryl methyl sites for hydroxylation is 1. The van der Waals surface area contributed by atoms with Crippen molar-refractivity contribution in [2.75, 3.05) is 56.5 Å². The van der Waals surface area contributed by atoms with E-state index in [0.717, 1.165) is 44.8 Å². The average Bonchev–Trinajstić information content (AvgIpc) is 3.61. The summed E-state index contributed by atoms with van der Waals surface area (Å²) in [6, 6.07) is 0.295. The molecule has 0 saturated carbocycles. The molecule has 252 valence electrons. The lowest BCUT2D eigenvalue weighted by Gasteiger charge is -2.41. The van der Waals surface area contributed by atoms with Gasteiger partial charge in [-0.1, -0.05) is 6.58 Å².